The Labute approximate surface area is 272 Å². The van der Waals surface area contributed by atoms with E-state index in [1.807, 2.05) is 17.0 Å². The molecule has 0 amide bonds. The number of hydrogen-bond donors (Lipinski definition) is 0. The van der Waals surface area contributed by atoms with Crippen LogP contribution in [0.5, 0.6) is 11.5 Å². The summed E-state index contributed by atoms with van der Waals surface area (Å²) in [7, 11) is 2.61. The lowest BCUT2D eigenvalue weighted by atomic mass is 10.2. The average Bonchev–Trinajstić information content (AvgIpc) is 3.08. The van der Waals surface area contributed by atoms with E-state index in [9.17, 15) is 19.7 Å². The van der Waals surface area contributed by atoms with Crippen molar-refractivity contribution in [1.29, 1.82) is 0 Å². The summed E-state index contributed by atoms with van der Waals surface area (Å²) in [6.45, 7) is 4.82. The van der Waals surface area contributed by atoms with Gasteiger partial charge >= 0.3 is 11.9 Å². The molecule has 0 saturated heterocycles. The van der Waals surface area contributed by atoms with Gasteiger partial charge in [0.2, 0.25) is 0 Å². The smallest absolute Gasteiger partial charge is 0.356 e. The molecule has 0 atom stereocenters. The highest BCUT2D eigenvalue weighted by Gasteiger charge is 2.17. The maximum absolute atomic E-state index is 12.0. The summed E-state index contributed by atoms with van der Waals surface area (Å²) in [4.78, 5) is 47.9. The van der Waals surface area contributed by atoms with Gasteiger partial charge in [0, 0.05) is 45.3 Å². The van der Waals surface area contributed by atoms with Crippen LogP contribution in [0.4, 0.5) is 5.69 Å². The first-order valence-electron chi connectivity index (χ1n) is 15.1. The van der Waals surface area contributed by atoms with E-state index in [-0.39, 0.29) is 36.0 Å². The molecular weight excluding hydrogens is 614 g/mol. The van der Waals surface area contributed by atoms with Crippen molar-refractivity contribution in [3.05, 3.63) is 87.5 Å². The van der Waals surface area contributed by atoms with Crippen molar-refractivity contribution in [2.24, 2.45) is 0 Å². The number of nitro benzene ring substituents is 1. The highest BCUT2D eigenvalue weighted by molar-refractivity contribution is 5.87. The first kappa shape index (κ1) is 35.2. The van der Waals surface area contributed by atoms with Crippen LogP contribution in [0.3, 0.4) is 0 Å². The van der Waals surface area contributed by atoms with E-state index in [1.54, 1.807) is 24.3 Å². The van der Waals surface area contributed by atoms with Gasteiger partial charge in [-0.25, -0.2) is 19.6 Å². The highest BCUT2D eigenvalue weighted by Crippen LogP contribution is 2.31. The number of esters is 2. The number of fused-ring (bicyclic) bond motifs is 1. The zero-order valence-electron chi connectivity index (χ0n) is 26.5. The van der Waals surface area contributed by atoms with Gasteiger partial charge in [0.25, 0.3) is 5.69 Å². The number of ether oxygens (including phenoxy) is 6. The van der Waals surface area contributed by atoms with Crippen LogP contribution in [-0.4, -0.2) is 117 Å². The summed E-state index contributed by atoms with van der Waals surface area (Å²) < 4.78 is 33.4. The number of pyridine rings is 2. The molecule has 4 rings (SSSR count). The summed E-state index contributed by atoms with van der Waals surface area (Å²) in [5.41, 5.74) is 1.63. The second-order valence-corrected chi connectivity index (χ2v) is 10.4. The van der Waals surface area contributed by atoms with E-state index >= 15 is 0 Å². The van der Waals surface area contributed by atoms with Crippen molar-refractivity contribution < 1.29 is 42.9 Å². The predicted octanol–water partition coefficient (Wildman–Crippen LogP) is 2.77. The lowest BCUT2D eigenvalue weighted by molar-refractivity contribution is -0.385. The number of benzene rings is 1. The van der Waals surface area contributed by atoms with E-state index in [0.717, 1.165) is 0 Å². The second-order valence-electron chi connectivity index (χ2n) is 10.4. The molecule has 15 heteroatoms. The van der Waals surface area contributed by atoms with Crippen molar-refractivity contribution >= 4 is 17.6 Å². The maximum Gasteiger partial charge on any atom is 0.356 e. The normalized spacial score (nSPS) is 16.0. The minimum Gasteiger partial charge on any atom is -0.488 e. The molecule has 47 heavy (non-hydrogen) atoms. The van der Waals surface area contributed by atoms with Crippen LogP contribution in [0.15, 0.2) is 54.6 Å². The van der Waals surface area contributed by atoms with Crippen LogP contribution in [-0.2, 0) is 32.0 Å². The fourth-order valence-electron chi connectivity index (χ4n) is 4.69. The number of nitro groups is 1. The average molecular weight is 654 g/mol. The Morgan fingerprint density at radius 1 is 0.723 bits per heavy atom. The molecule has 0 aliphatic carbocycles. The molecule has 0 radical (unpaired) electrons. The van der Waals surface area contributed by atoms with E-state index in [0.29, 0.717) is 82.8 Å². The van der Waals surface area contributed by atoms with Crippen molar-refractivity contribution in [3.63, 3.8) is 0 Å². The molecule has 3 heterocycles. The van der Waals surface area contributed by atoms with E-state index in [1.165, 1.54) is 32.4 Å². The molecule has 0 unspecified atom stereocenters. The van der Waals surface area contributed by atoms with Crippen LogP contribution in [0.2, 0.25) is 0 Å². The third kappa shape index (κ3) is 11.2. The van der Waals surface area contributed by atoms with Crippen molar-refractivity contribution in [3.8, 4) is 11.5 Å². The molecule has 0 N–H and O–H groups in total. The molecule has 15 nitrogen and oxygen atoms in total. The maximum atomic E-state index is 12.0. The number of aromatic nitrogens is 2. The van der Waals surface area contributed by atoms with E-state index in [4.69, 9.17) is 28.4 Å². The van der Waals surface area contributed by atoms with Crippen molar-refractivity contribution in [1.82, 2.24) is 19.8 Å². The molecule has 0 fully saturated rings. The van der Waals surface area contributed by atoms with Crippen LogP contribution in [0, 0.1) is 10.1 Å². The van der Waals surface area contributed by atoms with Crippen LogP contribution in [0.1, 0.15) is 32.4 Å². The standard InChI is InChI=1S/C32H39N5O10/c1-42-31(38)27-7-3-5-24(33-27)22-35-11-15-44-19-20-45-16-12-36(23-25-6-4-8-28(34-25)32(39)43-2)14-18-47-30-21-26(37(40)41)9-10-29(30)46-17-13-35/h3-10,21H,11-20,22-23H2,1-2H3. The van der Waals surface area contributed by atoms with Gasteiger partial charge in [0.1, 0.15) is 24.6 Å². The van der Waals surface area contributed by atoms with Crippen LogP contribution in [0.25, 0.3) is 0 Å². The van der Waals surface area contributed by atoms with Gasteiger partial charge in [0.05, 0.1) is 63.0 Å². The first-order valence-corrected chi connectivity index (χ1v) is 15.1. The molecule has 1 aliphatic heterocycles. The van der Waals surface area contributed by atoms with Crippen molar-refractivity contribution in [2.75, 3.05) is 80.0 Å². The zero-order chi connectivity index (χ0) is 33.4. The Hall–Kier alpha value is -4.70. The largest absolute Gasteiger partial charge is 0.488 e. The Kier molecular flexibility index (Phi) is 13.8. The Balaban J connectivity index is 1.47. The lowest BCUT2D eigenvalue weighted by Crippen LogP contribution is -2.33. The highest BCUT2D eigenvalue weighted by atomic mass is 16.6. The number of carbonyl (C=O) groups excluding carboxylic acids is 2. The van der Waals surface area contributed by atoms with Gasteiger partial charge in [0.15, 0.2) is 11.5 Å². The third-order valence-electron chi connectivity index (χ3n) is 7.12. The zero-order valence-corrected chi connectivity index (χ0v) is 26.5. The summed E-state index contributed by atoms with van der Waals surface area (Å²) in [6, 6.07) is 14.5. The third-order valence-corrected chi connectivity index (χ3v) is 7.12. The quantitative estimate of drug-likeness (QED) is 0.208. The summed E-state index contributed by atoms with van der Waals surface area (Å²) in [5, 5.41) is 11.5. The van der Waals surface area contributed by atoms with E-state index < -0.39 is 16.9 Å². The molecule has 0 spiro atoms. The lowest BCUT2D eigenvalue weighted by Gasteiger charge is -2.24. The Morgan fingerprint density at radius 2 is 1.21 bits per heavy atom. The van der Waals surface area contributed by atoms with Gasteiger partial charge in [-0.05, 0) is 30.3 Å². The molecule has 1 aromatic carbocycles. The van der Waals surface area contributed by atoms with E-state index in [2.05, 4.69) is 14.9 Å². The molecule has 252 valence electrons. The summed E-state index contributed by atoms with van der Waals surface area (Å²) >= 11 is 0. The number of methoxy groups -OCH3 is 2. The van der Waals surface area contributed by atoms with Crippen LogP contribution < -0.4 is 9.47 Å². The second kappa shape index (κ2) is 18.4. The molecule has 2 aromatic heterocycles. The van der Waals surface area contributed by atoms with Crippen LogP contribution >= 0.6 is 0 Å². The minimum atomic E-state index is -0.524. The number of nitrogens with zero attached hydrogens (tertiary/aromatic N) is 5. The molecule has 1 aliphatic rings. The monoisotopic (exact) mass is 653 g/mol. The predicted molar refractivity (Wildman–Crippen MR) is 167 cm³/mol. The molecule has 3 aromatic rings. The van der Waals surface area contributed by atoms with Crippen molar-refractivity contribution in [2.45, 2.75) is 13.1 Å². The number of non-ortho nitro benzene ring substituents is 1. The summed E-state index contributed by atoms with van der Waals surface area (Å²) in [6.07, 6.45) is 0. The fraction of sp³-hybridized carbons (Fsp3) is 0.438. The van der Waals surface area contributed by atoms with Gasteiger partial charge in [-0.15, -0.1) is 0 Å². The van der Waals surface area contributed by atoms with Gasteiger partial charge in [-0.1, -0.05) is 12.1 Å². The molecule has 0 saturated carbocycles. The molecular formula is C32H39N5O10. The number of carbonyl (C=O) groups is 2. The SMILES string of the molecule is COC(=O)c1cccc(CN2CCOCCOCCN(Cc3cccc(C(=O)OC)n3)CCOc3cc([N+](=O)[O-])ccc3OCC2)n1. The van der Waals surface area contributed by atoms with Gasteiger partial charge in [-0.2, -0.15) is 0 Å². The summed E-state index contributed by atoms with van der Waals surface area (Å²) in [5.74, 6) is -0.439. The van der Waals surface area contributed by atoms with Gasteiger partial charge in [-0.3, -0.25) is 19.9 Å². The Bertz CT molecular complexity index is 1490. The van der Waals surface area contributed by atoms with Gasteiger partial charge < -0.3 is 28.4 Å². The minimum absolute atomic E-state index is 0.126. The number of rotatable bonds is 7. The fourth-order valence-corrected chi connectivity index (χ4v) is 4.69. The molecule has 0 bridgehead atoms. The topological polar surface area (TPSA) is 165 Å². The Morgan fingerprint density at radius 3 is 1.70 bits per heavy atom. The number of hydrogen-bond acceptors (Lipinski definition) is 14. The first-order chi connectivity index (χ1) is 22.9.